The normalized spacial score (nSPS) is 8.88. The number of nitrogens with zero attached hydrogens (tertiary/aromatic N) is 1. The third kappa shape index (κ3) is 10.3. The number of ether oxygens (including phenoxy) is 1. The molecule has 0 bridgehead atoms. The number of rotatable bonds is 6. The number of urea groups is 1. The van der Waals surface area contributed by atoms with Crippen LogP contribution < -0.4 is 21.9 Å². The maximum Gasteiger partial charge on any atom is 0.330 e. The van der Waals surface area contributed by atoms with Gasteiger partial charge in [0, 0.05) is 17.8 Å². The lowest BCUT2D eigenvalue weighted by Crippen LogP contribution is -2.33. The minimum Gasteiger partial charge on any atom is -0.461 e. The molecule has 0 unspecified atom stereocenters. The zero-order valence-corrected chi connectivity index (χ0v) is 13.1. The van der Waals surface area contributed by atoms with Crippen molar-refractivity contribution < 1.29 is 19.1 Å². The largest absolute Gasteiger partial charge is 0.461 e. The lowest BCUT2D eigenvalue weighted by atomic mass is 10.4. The Morgan fingerprint density at radius 1 is 1.38 bits per heavy atom. The molecule has 0 aliphatic rings. The Kier molecular flexibility index (Phi) is 9.58. The predicted molar refractivity (Wildman–Crippen MR) is 87.2 cm³/mol. The van der Waals surface area contributed by atoms with Crippen molar-refractivity contribution in [2.45, 2.75) is 6.92 Å². The van der Waals surface area contributed by atoms with Crippen LogP contribution in [-0.4, -0.2) is 41.0 Å². The van der Waals surface area contributed by atoms with E-state index < -0.39 is 17.9 Å². The van der Waals surface area contributed by atoms with E-state index in [0.717, 1.165) is 12.2 Å². The van der Waals surface area contributed by atoms with E-state index in [0.29, 0.717) is 5.69 Å². The summed E-state index contributed by atoms with van der Waals surface area (Å²) in [5.41, 5.74) is 4.66. The first-order valence-corrected chi connectivity index (χ1v) is 6.62. The van der Waals surface area contributed by atoms with Crippen LogP contribution in [0.25, 0.3) is 0 Å². The molecule has 130 valence electrons. The van der Waals surface area contributed by atoms with E-state index >= 15 is 0 Å². The Morgan fingerprint density at radius 3 is 2.50 bits per heavy atom. The van der Waals surface area contributed by atoms with Gasteiger partial charge in [-0.3, -0.25) is 19.9 Å². The number of primary amides is 1. The zero-order valence-electron chi connectivity index (χ0n) is 13.1. The van der Waals surface area contributed by atoms with E-state index in [-0.39, 0.29) is 24.7 Å². The van der Waals surface area contributed by atoms with E-state index in [2.05, 4.69) is 44.2 Å². The van der Waals surface area contributed by atoms with Crippen LogP contribution in [0.15, 0.2) is 36.2 Å². The van der Waals surface area contributed by atoms with Gasteiger partial charge in [-0.1, -0.05) is 13.2 Å². The summed E-state index contributed by atoms with van der Waals surface area (Å²) < 4.78 is 4.66. The fraction of sp³-hybridized carbons (Fsp3) is 0.214. The van der Waals surface area contributed by atoms with E-state index in [1.54, 1.807) is 6.92 Å². The summed E-state index contributed by atoms with van der Waals surface area (Å²) >= 11 is 0. The molecule has 1 rings (SSSR count). The molecule has 5 N–H and O–H groups in total. The molecule has 0 aromatic carbocycles. The molecule has 0 aliphatic carbocycles. The first kappa shape index (κ1) is 20.6. The van der Waals surface area contributed by atoms with Gasteiger partial charge in [-0.15, -0.1) is 0 Å². The van der Waals surface area contributed by atoms with Crippen LogP contribution in [-0.2, 0) is 14.3 Å². The van der Waals surface area contributed by atoms with Crippen molar-refractivity contribution in [2.24, 2.45) is 5.73 Å². The topological polar surface area (TPSA) is 156 Å². The molecular weight excluding hydrogens is 318 g/mol. The van der Waals surface area contributed by atoms with Gasteiger partial charge in [0.1, 0.15) is 6.61 Å². The third-order valence-corrected chi connectivity index (χ3v) is 2.10. The van der Waals surface area contributed by atoms with E-state index in [1.165, 1.54) is 6.07 Å². The van der Waals surface area contributed by atoms with Crippen molar-refractivity contribution in [1.82, 2.24) is 15.3 Å². The number of nitrogens with one attached hydrogen (secondary N) is 3. The maximum absolute atomic E-state index is 11.4. The number of aromatic nitrogens is 2. The van der Waals surface area contributed by atoms with E-state index in [1.807, 2.05) is 0 Å². The minimum atomic E-state index is -0.566. The quantitative estimate of drug-likeness (QED) is 0.314. The SMILES string of the molecule is C=CC(=O)OCCNC(=O)Nc1nc(C)cc(=O)[nH]1.C=CC(N)=O. The van der Waals surface area contributed by atoms with Gasteiger partial charge in [-0.05, 0) is 13.0 Å². The second-order valence-corrected chi connectivity index (χ2v) is 4.09. The molecular formula is C14H19N5O5. The second kappa shape index (κ2) is 11.2. The summed E-state index contributed by atoms with van der Waals surface area (Å²) in [5.74, 6) is -0.998. The van der Waals surface area contributed by atoms with E-state index in [9.17, 15) is 19.2 Å². The van der Waals surface area contributed by atoms with E-state index in [4.69, 9.17) is 0 Å². The van der Waals surface area contributed by atoms with Crippen LogP contribution >= 0.6 is 0 Å². The molecule has 10 nitrogen and oxygen atoms in total. The third-order valence-electron chi connectivity index (χ3n) is 2.10. The molecule has 0 aliphatic heterocycles. The molecule has 24 heavy (non-hydrogen) atoms. The van der Waals surface area contributed by atoms with Crippen molar-refractivity contribution in [1.29, 1.82) is 0 Å². The lowest BCUT2D eigenvalue weighted by molar-refractivity contribution is -0.137. The summed E-state index contributed by atoms with van der Waals surface area (Å²) in [6, 6.07) is 0.737. The number of nitrogens with two attached hydrogens (primary N) is 1. The number of aryl methyl sites for hydroxylation is 1. The molecule has 0 spiro atoms. The summed E-state index contributed by atoms with van der Waals surface area (Å²) in [6.07, 6.45) is 2.08. The standard InChI is InChI=1S/C11H14N4O4.C3H5NO/c1-3-9(17)19-5-4-12-11(18)15-10-13-7(2)6-8(16)14-10;1-2-3(4)5/h3,6H,1,4-5H2,2H3,(H3,12,13,14,15,16,18);2H,1H2,(H2,4,5). The van der Waals surface area contributed by atoms with Crippen molar-refractivity contribution >= 4 is 23.9 Å². The maximum atomic E-state index is 11.4. The highest BCUT2D eigenvalue weighted by atomic mass is 16.5. The van der Waals surface area contributed by atoms with Crippen LogP contribution in [0.3, 0.4) is 0 Å². The van der Waals surface area contributed by atoms with Crippen LogP contribution in [0.5, 0.6) is 0 Å². The molecule has 0 atom stereocenters. The molecule has 10 heteroatoms. The van der Waals surface area contributed by atoms with Gasteiger partial charge in [0.25, 0.3) is 5.56 Å². The molecule has 1 heterocycles. The Bertz CT molecular complexity index is 668. The Morgan fingerprint density at radius 2 is 2.00 bits per heavy atom. The van der Waals surface area contributed by atoms with Crippen molar-refractivity contribution in [3.63, 3.8) is 0 Å². The van der Waals surface area contributed by atoms with Crippen molar-refractivity contribution in [3.05, 3.63) is 47.4 Å². The van der Waals surface area contributed by atoms with Crippen LogP contribution in [0.1, 0.15) is 5.69 Å². The summed E-state index contributed by atoms with van der Waals surface area (Å²) in [6.45, 7) is 8.10. The number of anilines is 1. The highest BCUT2D eigenvalue weighted by Gasteiger charge is 2.04. The fourth-order valence-electron chi connectivity index (χ4n) is 1.17. The van der Waals surface area contributed by atoms with Crippen molar-refractivity contribution in [3.8, 4) is 0 Å². The summed E-state index contributed by atoms with van der Waals surface area (Å²) in [5, 5.41) is 4.77. The van der Waals surface area contributed by atoms with Crippen molar-refractivity contribution in [2.75, 3.05) is 18.5 Å². The zero-order chi connectivity index (χ0) is 18.5. The van der Waals surface area contributed by atoms with Gasteiger partial charge in [0.05, 0.1) is 6.54 Å². The summed E-state index contributed by atoms with van der Waals surface area (Å²) in [4.78, 5) is 49.0. The van der Waals surface area contributed by atoms with Gasteiger partial charge in [0.2, 0.25) is 11.9 Å². The average Bonchev–Trinajstić information content (AvgIpc) is 2.50. The molecule has 1 aromatic heterocycles. The lowest BCUT2D eigenvalue weighted by Gasteiger charge is -2.07. The highest BCUT2D eigenvalue weighted by Crippen LogP contribution is 1.94. The van der Waals surface area contributed by atoms with Gasteiger partial charge in [-0.25, -0.2) is 14.6 Å². The predicted octanol–water partition coefficient (Wildman–Crippen LogP) is -0.413. The molecule has 0 saturated heterocycles. The number of carbonyl (C=O) groups is 3. The molecule has 3 amide bonds. The first-order valence-electron chi connectivity index (χ1n) is 6.62. The number of carbonyl (C=O) groups excluding carboxylic acids is 3. The van der Waals surface area contributed by atoms with Gasteiger partial charge in [0.15, 0.2) is 0 Å². The molecule has 0 fully saturated rings. The van der Waals surface area contributed by atoms with Crippen LogP contribution in [0.4, 0.5) is 10.7 Å². The molecule has 0 saturated carbocycles. The number of aromatic amines is 1. The Hall–Kier alpha value is -3.43. The fourth-order valence-corrected chi connectivity index (χ4v) is 1.17. The van der Waals surface area contributed by atoms with Gasteiger partial charge < -0.3 is 15.8 Å². The molecule has 0 radical (unpaired) electrons. The Labute approximate surface area is 137 Å². The number of hydrogen-bond acceptors (Lipinski definition) is 6. The monoisotopic (exact) mass is 337 g/mol. The van der Waals surface area contributed by atoms with Crippen LogP contribution in [0, 0.1) is 6.92 Å². The highest BCUT2D eigenvalue weighted by molar-refractivity contribution is 5.87. The molecule has 1 aromatic rings. The number of amides is 3. The number of esters is 1. The summed E-state index contributed by atoms with van der Waals surface area (Å²) in [7, 11) is 0. The first-order chi connectivity index (χ1) is 11.3. The Balaban J connectivity index is 0.000000922. The smallest absolute Gasteiger partial charge is 0.330 e. The van der Waals surface area contributed by atoms with Gasteiger partial charge >= 0.3 is 12.0 Å². The second-order valence-electron chi connectivity index (χ2n) is 4.09. The number of H-pyrrole nitrogens is 1. The van der Waals surface area contributed by atoms with Gasteiger partial charge in [-0.2, -0.15) is 0 Å². The number of hydrogen-bond donors (Lipinski definition) is 4. The average molecular weight is 337 g/mol. The minimum absolute atomic E-state index is 0.0238. The van der Waals surface area contributed by atoms with Crippen LogP contribution in [0.2, 0.25) is 0 Å².